The molecule has 0 aromatic carbocycles. The van der Waals surface area contributed by atoms with Crippen LogP contribution in [0.5, 0.6) is 0 Å². The van der Waals surface area contributed by atoms with Crippen LogP contribution in [0.15, 0.2) is 5.38 Å². The van der Waals surface area contributed by atoms with Gasteiger partial charge in [-0.15, -0.1) is 22.9 Å². The van der Waals surface area contributed by atoms with E-state index in [0.29, 0.717) is 5.88 Å². The van der Waals surface area contributed by atoms with E-state index in [2.05, 4.69) is 22.3 Å². The van der Waals surface area contributed by atoms with Crippen molar-refractivity contribution in [3.05, 3.63) is 16.1 Å². The zero-order valence-electron chi connectivity index (χ0n) is 12.3. The molecule has 1 fully saturated rings. The highest BCUT2D eigenvalue weighted by Gasteiger charge is 2.20. The fourth-order valence-corrected chi connectivity index (χ4v) is 3.12. The first-order valence-corrected chi connectivity index (χ1v) is 8.95. The Morgan fingerprint density at radius 2 is 2.25 bits per heavy atom. The number of unbranched alkanes of at least 4 members (excludes halogenated alkanes) is 1. The van der Waals surface area contributed by atoms with Crippen molar-refractivity contribution in [1.29, 1.82) is 0 Å². The van der Waals surface area contributed by atoms with Crippen LogP contribution in [0.4, 0.5) is 0 Å². The van der Waals surface area contributed by atoms with Crippen molar-refractivity contribution in [2.45, 2.75) is 38.0 Å². The minimum absolute atomic E-state index is 0.528. The van der Waals surface area contributed by atoms with Crippen molar-refractivity contribution in [1.82, 2.24) is 9.88 Å². The third-order valence-electron chi connectivity index (χ3n) is 3.58. The highest BCUT2D eigenvalue weighted by molar-refractivity contribution is 7.09. The van der Waals surface area contributed by atoms with Crippen LogP contribution < -0.4 is 0 Å². The quantitative estimate of drug-likeness (QED) is 0.461. The van der Waals surface area contributed by atoms with Crippen LogP contribution in [0, 0.1) is 5.92 Å². The van der Waals surface area contributed by atoms with Gasteiger partial charge in [0.2, 0.25) is 0 Å². The topological polar surface area (TPSA) is 25.4 Å². The first-order valence-electron chi connectivity index (χ1n) is 7.53. The van der Waals surface area contributed by atoms with Gasteiger partial charge in [-0.05, 0) is 51.6 Å². The van der Waals surface area contributed by atoms with Gasteiger partial charge in [0, 0.05) is 18.5 Å². The van der Waals surface area contributed by atoms with E-state index in [4.69, 9.17) is 16.3 Å². The summed E-state index contributed by atoms with van der Waals surface area (Å²) in [7, 11) is 2.18. The largest absolute Gasteiger partial charge is 0.380 e. The molecule has 0 spiro atoms. The van der Waals surface area contributed by atoms with Crippen LogP contribution >= 0.6 is 22.9 Å². The highest BCUT2D eigenvalue weighted by atomic mass is 35.5. The number of aromatic nitrogens is 1. The number of nitrogens with zero attached hydrogens (tertiary/aromatic N) is 2. The molecule has 1 aromatic heterocycles. The van der Waals surface area contributed by atoms with Crippen LogP contribution in [0.3, 0.4) is 0 Å². The lowest BCUT2D eigenvalue weighted by molar-refractivity contribution is 0.103. The Kier molecular flexibility index (Phi) is 7.28. The van der Waals surface area contributed by atoms with E-state index >= 15 is 0 Å². The molecule has 3 nitrogen and oxygen atoms in total. The lowest BCUT2D eigenvalue weighted by atomic mass is 10.2. The van der Waals surface area contributed by atoms with E-state index in [0.717, 1.165) is 44.3 Å². The molecule has 1 aliphatic rings. The molecular weight excluding hydrogens is 292 g/mol. The Bertz CT molecular complexity index is 382. The molecule has 0 amide bonds. The van der Waals surface area contributed by atoms with Gasteiger partial charge in [0.1, 0.15) is 0 Å². The molecule has 2 rings (SSSR count). The van der Waals surface area contributed by atoms with E-state index in [-0.39, 0.29) is 0 Å². The van der Waals surface area contributed by atoms with E-state index in [9.17, 15) is 0 Å². The number of aryl methyl sites for hydroxylation is 1. The Morgan fingerprint density at radius 1 is 1.40 bits per heavy atom. The second kappa shape index (κ2) is 8.98. The van der Waals surface area contributed by atoms with Gasteiger partial charge in [0.25, 0.3) is 0 Å². The molecule has 0 N–H and O–H groups in total. The monoisotopic (exact) mass is 316 g/mol. The maximum absolute atomic E-state index is 5.75. The Morgan fingerprint density at radius 3 is 2.95 bits per heavy atom. The maximum atomic E-state index is 5.75. The molecule has 0 unspecified atom stereocenters. The van der Waals surface area contributed by atoms with Crippen molar-refractivity contribution in [3.63, 3.8) is 0 Å². The Hall–Kier alpha value is -0.160. The number of likely N-dealkylation sites (N-methyl/N-ethyl adjacent to an activating group) is 1. The minimum Gasteiger partial charge on any atom is -0.380 e. The molecule has 1 aromatic rings. The molecule has 0 bridgehead atoms. The fraction of sp³-hybridized carbons (Fsp3) is 0.800. The van der Waals surface area contributed by atoms with Crippen LogP contribution in [0.25, 0.3) is 0 Å². The lowest BCUT2D eigenvalue weighted by Crippen LogP contribution is -2.24. The average molecular weight is 317 g/mol. The van der Waals surface area contributed by atoms with E-state index < -0.39 is 0 Å². The number of alkyl halides is 1. The molecule has 1 saturated carbocycles. The summed E-state index contributed by atoms with van der Waals surface area (Å²) in [5.41, 5.74) is 1.01. The Balaban J connectivity index is 1.44. The minimum atomic E-state index is 0.528. The number of hydrogen-bond acceptors (Lipinski definition) is 4. The number of thiazole rings is 1. The lowest BCUT2D eigenvalue weighted by Gasteiger charge is -2.16. The summed E-state index contributed by atoms with van der Waals surface area (Å²) in [6.45, 7) is 4.03. The summed E-state index contributed by atoms with van der Waals surface area (Å²) in [5, 5.41) is 3.28. The summed E-state index contributed by atoms with van der Waals surface area (Å²) >= 11 is 7.48. The van der Waals surface area contributed by atoms with Gasteiger partial charge in [-0.25, -0.2) is 4.98 Å². The van der Waals surface area contributed by atoms with Crippen LogP contribution in [-0.4, -0.2) is 43.2 Å². The highest BCUT2D eigenvalue weighted by Crippen LogP contribution is 2.28. The van der Waals surface area contributed by atoms with Crippen molar-refractivity contribution in [3.8, 4) is 0 Å². The first-order chi connectivity index (χ1) is 9.78. The number of halogens is 1. The maximum Gasteiger partial charge on any atom is 0.0928 e. The van der Waals surface area contributed by atoms with Crippen LogP contribution in [0.2, 0.25) is 0 Å². The van der Waals surface area contributed by atoms with Gasteiger partial charge in [0.15, 0.2) is 0 Å². The predicted octanol–water partition coefficient (Wildman–Crippen LogP) is 3.56. The normalized spacial score (nSPS) is 15.2. The predicted molar refractivity (Wildman–Crippen MR) is 85.6 cm³/mol. The third kappa shape index (κ3) is 6.53. The van der Waals surface area contributed by atoms with E-state index in [1.165, 1.54) is 30.7 Å². The van der Waals surface area contributed by atoms with Gasteiger partial charge < -0.3 is 9.64 Å². The van der Waals surface area contributed by atoms with Gasteiger partial charge in [-0.1, -0.05) is 0 Å². The van der Waals surface area contributed by atoms with Crippen molar-refractivity contribution in [2.75, 3.05) is 33.4 Å². The zero-order chi connectivity index (χ0) is 14.2. The van der Waals surface area contributed by atoms with Gasteiger partial charge >= 0.3 is 0 Å². The first kappa shape index (κ1) is 16.2. The second-order valence-corrected chi connectivity index (χ2v) is 6.85. The molecule has 0 saturated heterocycles. The Labute approximate surface area is 131 Å². The third-order valence-corrected chi connectivity index (χ3v) is 4.82. The average Bonchev–Trinajstić information content (AvgIpc) is 3.17. The summed E-state index contributed by atoms with van der Waals surface area (Å²) in [5.74, 6) is 1.40. The molecule has 0 atom stereocenters. The summed E-state index contributed by atoms with van der Waals surface area (Å²) in [6.07, 6.45) is 6.24. The van der Waals surface area contributed by atoms with E-state index in [1.807, 2.05) is 0 Å². The van der Waals surface area contributed by atoms with Crippen LogP contribution in [-0.2, 0) is 17.0 Å². The standard InChI is InChI=1S/C15H25ClN2OS/c1-18(8-9-19-11-13-5-6-13)7-3-2-4-15-17-14(10-16)12-20-15/h12-13H,2-11H2,1H3. The summed E-state index contributed by atoms with van der Waals surface area (Å²) in [4.78, 5) is 6.84. The zero-order valence-corrected chi connectivity index (χ0v) is 13.9. The second-order valence-electron chi connectivity index (χ2n) is 5.64. The van der Waals surface area contributed by atoms with Gasteiger partial charge in [0.05, 0.1) is 23.2 Å². The molecule has 20 heavy (non-hydrogen) atoms. The van der Waals surface area contributed by atoms with Gasteiger partial charge in [-0.3, -0.25) is 0 Å². The van der Waals surface area contributed by atoms with Crippen LogP contribution in [0.1, 0.15) is 36.4 Å². The number of rotatable bonds is 11. The van der Waals surface area contributed by atoms with Crippen molar-refractivity contribution < 1.29 is 4.74 Å². The van der Waals surface area contributed by atoms with Crippen molar-refractivity contribution in [2.24, 2.45) is 5.92 Å². The molecule has 0 radical (unpaired) electrons. The fourth-order valence-electron chi connectivity index (χ4n) is 2.05. The molecule has 1 heterocycles. The molecular formula is C15H25ClN2OS. The molecule has 0 aliphatic heterocycles. The molecule has 5 heteroatoms. The SMILES string of the molecule is CN(CCCCc1nc(CCl)cs1)CCOCC1CC1. The summed E-state index contributed by atoms with van der Waals surface area (Å²) in [6, 6.07) is 0. The number of ether oxygens (including phenoxy) is 1. The number of hydrogen-bond donors (Lipinski definition) is 0. The summed E-state index contributed by atoms with van der Waals surface area (Å²) < 4.78 is 5.66. The molecule has 1 aliphatic carbocycles. The smallest absolute Gasteiger partial charge is 0.0928 e. The van der Waals surface area contributed by atoms with Gasteiger partial charge in [-0.2, -0.15) is 0 Å². The van der Waals surface area contributed by atoms with E-state index in [1.54, 1.807) is 11.3 Å². The van der Waals surface area contributed by atoms with Crippen molar-refractivity contribution >= 4 is 22.9 Å². The molecule has 114 valence electrons.